The third-order valence-corrected chi connectivity index (χ3v) is 4.69. The number of rotatable bonds is 7. The molecular weight excluding hydrogens is 336 g/mol. The summed E-state index contributed by atoms with van der Waals surface area (Å²) < 4.78 is 5.47. The molecule has 1 aromatic rings. The van der Waals surface area contributed by atoms with Gasteiger partial charge in [0, 0.05) is 20.1 Å². The molecule has 1 aliphatic heterocycles. The number of carbonyl (C=O) groups is 3. The van der Waals surface area contributed by atoms with Crippen molar-refractivity contribution >= 4 is 17.8 Å². The molecule has 0 aliphatic carbocycles. The first-order valence-corrected chi connectivity index (χ1v) is 8.87. The maximum Gasteiger partial charge on any atom is 0.306 e. The van der Waals surface area contributed by atoms with Gasteiger partial charge in [0.25, 0.3) is 5.91 Å². The van der Waals surface area contributed by atoms with E-state index in [-0.39, 0.29) is 30.9 Å². The Morgan fingerprint density at radius 3 is 2.35 bits per heavy atom. The van der Waals surface area contributed by atoms with Crippen molar-refractivity contribution < 1.29 is 24.2 Å². The molecule has 1 heterocycles. The number of carboxylic acid groups (broad SMARTS) is 1. The van der Waals surface area contributed by atoms with E-state index in [0.29, 0.717) is 31.7 Å². The zero-order valence-electron chi connectivity index (χ0n) is 15.3. The maximum absolute atomic E-state index is 12.3. The van der Waals surface area contributed by atoms with Crippen LogP contribution in [-0.2, 0) is 20.8 Å². The van der Waals surface area contributed by atoms with Crippen LogP contribution in [0.4, 0.5) is 0 Å². The van der Waals surface area contributed by atoms with Gasteiger partial charge in [-0.05, 0) is 37.0 Å². The van der Waals surface area contributed by atoms with Crippen LogP contribution in [0.1, 0.15) is 25.3 Å². The Balaban J connectivity index is 1.75. The first-order chi connectivity index (χ1) is 12.4. The van der Waals surface area contributed by atoms with Crippen LogP contribution in [0, 0.1) is 5.92 Å². The number of nitrogens with zero attached hydrogens (tertiary/aromatic N) is 2. The Labute approximate surface area is 153 Å². The lowest BCUT2D eigenvalue weighted by Crippen LogP contribution is -2.46. The second kappa shape index (κ2) is 9.22. The summed E-state index contributed by atoms with van der Waals surface area (Å²) in [6.45, 7) is 2.73. The minimum Gasteiger partial charge on any atom is -0.484 e. The molecule has 7 nitrogen and oxygen atoms in total. The number of amides is 2. The molecule has 1 fully saturated rings. The summed E-state index contributed by atoms with van der Waals surface area (Å²) in [5.74, 6) is -1.03. The van der Waals surface area contributed by atoms with Crippen LogP contribution >= 0.6 is 0 Å². The lowest BCUT2D eigenvalue weighted by molar-refractivity contribution is -0.146. The summed E-state index contributed by atoms with van der Waals surface area (Å²) in [7, 11) is 1.56. The molecule has 0 spiro atoms. The summed E-state index contributed by atoms with van der Waals surface area (Å²) in [6.07, 6.45) is 1.85. The number of aliphatic carboxylic acids is 1. The van der Waals surface area contributed by atoms with Crippen molar-refractivity contribution in [2.75, 3.05) is 33.3 Å². The van der Waals surface area contributed by atoms with Gasteiger partial charge in [-0.3, -0.25) is 14.4 Å². The molecule has 1 saturated heterocycles. The minimum atomic E-state index is -0.812. The van der Waals surface area contributed by atoms with Crippen molar-refractivity contribution in [1.82, 2.24) is 9.80 Å². The van der Waals surface area contributed by atoms with Gasteiger partial charge >= 0.3 is 5.97 Å². The van der Waals surface area contributed by atoms with E-state index in [2.05, 4.69) is 6.92 Å². The summed E-state index contributed by atoms with van der Waals surface area (Å²) >= 11 is 0. The van der Waals surface area contributed by atoms with Crippen LogP contribution in [0.15, 0.2) is 24.3 Å². The number of benzene rings is 1. The average molecular weight is 362 g/mol. The van der Waals surface area contributed by atoms with Gasteiger partial charge in [-0.15, -0.1) is 0 Å². The molecule has 2 amide bonds. The lowest BCUT2D eigenvalue weighted by Gasteiger charge is -2.31. The Kier molecular flexibility index (Phi) is 7.00. The Bertz CT molecular complexity index is 636. The van der Waals surface area contributed by atoms with E-state index in [9.17, 15) is 14.4 Å². The monoisotopic (exact) mass is 362 g/mol. The number of likely N-dealkylation sites (N-methyl/N-ethyl adjacent to an activating group) is 1. The molecule has 1 aromatic carbocycles. The standard InChI is InChI=1S/C19H26N2O5/c1-3-14-4-6-16(7-5-14)26-13-18(23)20(2)12-17(22)21-10-8-15(9-11-21)19(24)25/h4-7,15H,3,8-13H2,1-2H3,(H,24,25). The van der Waals surface area contributed by atoms with Gasteiger partial charge in [-0.25, -0.2) is 0 Å². The highest BCUT2D eigenvalue weighted by molar-refractivity contribution is 5.85. The molecule has 0 bridgehead atoms. The van der Waals surface area contributed by atoms with Gasteiger partial charge in [-0.1, -0.05) is 19.1 Å². The Morgan fingerprint density at radius 1 is 1.19 bits per heavy atom. The van der Waals surface area contributed by atoms with Gasteiger partial charge in [0.15, 0.2) is 6.61 Å². The average Bonchev–Trinajstić information content (AvgIpc) is 2.66. The van der Waals surface area contributed by atoms with Crippen molar-refractivity contribution in [3.8, 4) is 5.75 Å². The van der Waals surface area contributed by atoms with Crippen molar-refractivity contribution in [3.63, 3.8) is 0 Å². The fraction of sp³-hybridized carbons (Fsp3) is 0.526. The first kappa shape index (κ1) is 19.8. The van der Waals surface area contributed by atoms with Gasteiger partial charge < -0.3 is 19.6 Å². The molecule has 7 heteroatoms. The SMILES string of the molecule is CCc1ccc(OCC(=O)N(C)CC(=O)N2CCC(C(=O)O)CC2)cc1. The van der Waals surface area contributed by atoms with Gasteiger partial charge in [0.05, 0.1) is 12.5 Å². The quantitative estimate of drug-likeness (QED) is 0.792. The van der Waals surface area contributed by atoms with Crippen LogP contribution in [0.5, 0.6) is 5.75 Å². The molecular formula is C19H26N2O5. The van der Waals surface area contributed by atoms with Crippen LogP contribution in [0.2, 0.25) is 0 Å². The van der Waals surface area contributed by atoms with E-state index >= 15 is 0 Å². The van der Waals surface area contributed by atoms with E-state index in [0.717, 1.165) is 6.42 Å². The molecule has 1 aliphatic rings. The second-order valence-corrected chi connectivity index (χ2v) is 6.53. The van der Waals surface area contributed by atoms with Crippen LogP contribution in [-0.4, -0.2) is 66.0 Å². The molecule has 142 valence electrons. The number of hydrogen-bond donors (Lipinski definition) is 1. The summed E-state index contributed by atoms with van der Waals surface area (Å²) in [4.78, 5) is 38.3. The minimum absolute atomic E-state index is 0.0330. The molecule has 26 heavy (non-hydrogen) atoms. The molecule has 0 saturated carbocycles. The van der Waals surface area contributed by atoms with Crippen molar-refractivity contribution in [2.24, 2.45) is 5.92 Å². The fourth-order valence-corrected chi connectivity index (χ4v) is 2.84. The molecule has 2 rings (SSSR count). The zero-order chi connectivity index (χ0) is 19.1. The predicted octanol–water partition coefficient (Wildman–Crippen LogP) is 1.41. The highest BCUT2D eigenvalue weighted by atomic mass is 16.5. The highest BCUT2D eigenvalue weighted by Crippen LogP contribution is 2.17. The number of likely N-dealkylation sites (tertiary alicyclic amines) is 1. The van der Waals surface area contributed by atoms with E-state index in [4.69, 9.17) is 9.84 Å². The summed E-state index contributed by atoms with van der Waals surface area (Å²) in [5, 5.41) is 8.99. The largest absolute Gasteiger partial charge is 0.484 e. The molecule has 0 atom stereocenters. The van der Waals surface area contributed by atoms with Crippen molar-refractivity contribution in [1.29, 1.82) is 0 Å². The first-order valence-electron chi connectivity index (χ1n) is 8.87. The van der Waals surface area contributed by atoms with Gasteiger partial charge in [0.2, 0.25) is 5.91 Å². The maximum atomic E-state index is 12.3. The summed E-state index contributed by atoms with van der Waals surface area (Å²) in [6, 6.07) is 7.55. The van der Waals surface area contributed by atoms with Crippen LogP contribution in [0.25, 0.3) is 0 Å². The van der Waals surface area contributed by atoms with Crippen molar-refractivity contribution in [3.05, 3.63) is 29.8 Å². The van der Waals surface area contributed by atoms with E-state index in [1.165, 1.54) is 10.5 Å². The number of carboxylic acids is 1. The Morgan fingerprint density at radius 2 is 1.81 bits per heavy atom. The summed E-state index contributed by atoms with van der Waals surface area (Å²) in [5.41, 5.74) is 1.19. The van der Waals surface area contributed by atoms with E-state index in [1.807, 2.05) is 24.3 Å². The third-order valence-electron chi connectivity index (χ3n) is 4.69. The zero-order valence-corrected chi connectivity index (χ0v) is 15.3. The highest BCUT2D eigenvalue weighted by Gasteiger charge is 2.27. The van der Waals surface area contributed by atoms with Crippen LogP contribution in [0.3, 0.4) is 0 Å². The molecule has 0 radical (unpaired) electrons. The van der Waals surface area contributed by atoms with E-state index < -0.39 is 5.97 Å². The van der Waals surface area contributed by atoms with E-state index in [1.54, 1.807) is 11.9 Å². The normalized spacial score (nSPS) is 14.8. The number of carbonyl (C=O) groups excluding carboxylic acids is 2. The molecule has 0 unspecified atom stereocenters. The molecule has 0 aromatic heterocycles. The van der Waals surface area contributed by atoms with Crippen molar-refractivity contribution in [2.45, 2.75) is 26.2 Å². The lowest BCUT2D eigenvalue weighted by atomic mass is 9.97. The Hall–Kier alpha value is -2.57. The number of ether oxygens (including phenoxy) is 1. The fourth-order valence-electron chi connectivity index (χ4n) is 2.84. The number of piperidine rings is 1. The number of hydrogen-bond acceptors (Lipinski definition) is 4. The van der Waals surface area contributed by atoms with Gasteiger partial charge in [-0.2, -0.15) is 0 Å². The number of aryl methyl sites for hydroxylation is 1. The van der Waals surface area contributed by atoms with Gasteiger partial charge in [0.1, 0.15) is 5.75 Å². The topological polar surface area (TPSA) is 87.2 Å². The third kappa shape index (κ3) is 5.47. The smallest absolute Gasteiger partial charge is 0.306 e. The second-order valence-electron chi connectivity index (χ2n) is 6.53. The van der Waals surface area contributed by atoms with Crippen LogP contribution < -0.4 is 4.74 Å². The predicted molar refractivity (Wildman–Crippen MR) is 95.9 cm³/mol. The molecule has 1 N–H and O–H groups in total.